The van der Waals surface area contributed by atoms with E-state index in [1.54, 1.807) is 31.4 Å². The van der Waals surface area contributed by atoms with Crippen LogP contribution < -0.4 is 10.1 Å². The van der Waals surface area contributed by atoms with E-state index < -0.39 is 5.91 Å². The lowest BCUT2D eigenvalue weighted by Crippen LogP contribution is -2.37. The second kappa shape index (κ2) is 11.3. The molecule has 1 aromatic carbocycles. The molecule has 0 unspecified atom stereocenters. The molecule has 0 aliphatic heterocycles. The van der Waals surface area contributed by atoms with E-state index in [1.165, 1.54) is 44.1 Å². The van der Waals surface area contributed by atoms with Gasteiger partial charge >= 0.3 is 5.97 Å². The van der Waals surface area contributed by atoms with Gasteiger partial charge in [0.25, 0.3) is 5.91 Å². The van der Waals surface area contributed by atoms with Gasteiger partial charge in [0.1, 0.15) is 5.75 Å². The molecule has 0 atom stereocenters. The zero-order valence-corrected chi connectivity index (χ0v) is 16.7. The predicted molar refractivity (Wildman–Crippen MR) is 106 cm³/mol. The fraction of sp³-hybridized carbons (Fsp3) is 0.571. The van der Waals surface area contributed by atoms with Gasteiger partial charge in [0.2, 0.25) is 5.91 Å². The van der Waals surface area contributed by atoms with Crippen LogP contribution in [0, 0.1) is 5.92 Å². The average molecular weight is 390 g/mol. The first kappa shape index (κ1) is 21.7. The van der Waals surface area contributed by atoms with Crippen LogP contribution >= 0.6 is 0 Å². The number of methoxy groups -OCH3 is 1. The monoisotopic (exact) mass is 390 g/mol. The number of hydrogen-bond acceptors (Lipinski definition) is 5. The molecule has 1 saturated carbocycles. The molecule has 0 spiro atoms. The summed E-state index contributed by atoms with van der Waals surface area (Å²) in [7, 11) is 3.05. The lowest BCUT2D eigenvalue weighted by molar-refractivity contribution is -0.152. The Morgan fingerprint density at radius 3 is 2.64 bits per heavy atom. The lowest BCUT2D eigenvalue weighted by Gasteiger charge is -2.21. The molecular weight excluding hydrogens is 360 g/mol. The topological polar surface area (TPSA) is 84.9 Å². The summed E-state index contributed by atoms with van der Waals surface area (Å²) in [6.45, 7) is -0.470. The van der Waals surface area contributed by atoms with Crippen molar-refractivity contribution in [1.82, 2.24) is 4.90 Å². The highest BCUT2D eigenvalue weighted by Gasteiger charge is 2.18. The molecule has 0 bridgehead atoms. The Balaban J connectivity index is 1.66. The first-order valence-corrected chi connectivity index (χ1v) is 9.81. The van der Waals surface area contributed by atoms with E-state index in [4.69, 9.17) is 9.47 Å². The zero-order chi connectivity index (χ0) is 20.4. The molecule has 2 amide bonds. The van der Waals surface area contributed by atoms with Crippen molar-refractivity contribution in [3.63, 3.8) is 0 Å². The fourth-order valence-electron chi connectivity index (χ4n) is 3.33. The first-order valence-electron chi connectivity index (χ1n) is 9.81. The summed E-state index contributed by atoms with van der Waals surface area (Å²) in [4.78, 5) is 37.3. The molecule has 2 rings (SSSR count). The van der Waals surface area contributed by atoms with Crippen molar-refractivity contribution in [3.05, 3.63) is 24.3 Å². The van der Waals surface area contributed by atoms with E-state index in [9.17, 15) is 14.4 Å². The van der Waals surface area contributed by atoms with Gasteiger partial charge < -0.3 is 19.7 Å². The minimum atomic E-state index is -0.410. The largest absolute Gasteiger partial charge is 0.497 e. The molecule has 0 aromatic heterocycles. The minimum Gasteiger partial charge on any atom is -0.497 e. The van der Waals surface area contributed by atoms with Crippen molar-refractivity contribution < 1.29 is 23.9 Å². The highest BCUT2D eigenvalue weighted by atomic mass is 16.5. The molecule has 0 radical (unpaired) electrons. The molecular formula is C21H30N2O5. The van der Waals surface area contributed by atoms with Crippen LogP contribution in [0.1, 0.15) is 44.9 Å². The number of anilines is 1. The summed E-state index contributed by atoms with van der Waals surface area (Å²) in [5, 5.41) is 2.70. The number of amides is 2. The van der Waals surface area contributed by atoms with E-state index in [0.29, 0.717) is 23.8 Å². The van der Waals surface area contributed by atoms with E-state index in [-0.39, 0.29) is 25.0 Å². The maximum absolute atomic E-state index is 12.1. The van der Waals surface area contributed by atoms with Gasteiger partial charge in [-0.15, -0.1) is 0 Å². The molecule has 1 fully saturated rings. The molecule has 154 valence electrons. The Morgan fingerprint density at radius 2 is 1.93 bits per heavy atom. The number of carbonyl (C=O) groups is 3. The first-order chi connectivity index (χ1) is 13.5. The number of likely N-dealkylation sites (N-methyl/N-ethyl adjacent to an activating group) is 1. The molecule has 1 aromatic rings. The SMILES string of the molecule is COc1cccc(NC(=O)CN(C)C(=O)COC(=O)CCC2CCCCC2)c1. The Kier molecular flexibility index (Phi) is 8.78. The number of nitrogens with zero attached hydrogens (tertiary/aromatic N) is 1. The average Bonchev–Trinajstić information content (AvgIpc) is 2.71. The van der Waals surface area contributed by atoms with Crippen LogP contribution in [0.25, 0.3) is 0 Å². The maximum atomic E-state index is 12.1. The van der Waals surface area contributed by atoms with Crippen LogP contribution in [0.4, 0.5) is 5.69 Å². The highest BCUT2D eigenvalue weighted by molar-refractivity contribution is 5.94. The van der Waals surface area contributed by atoms with Gasteiger partial charge in [0, 0.05) is 25.2 Å². The van der Waals surface area contributed by atoms with Crippen LogP contribution in [-0.2, 0) is 19.1 Å². The number of benzene rings is 1. The van der Waals surface area contributed by atoms with Crippen molar-refractivity contribution >= 4 is 23.5 Å². The lowest BCUT2D eigenvalue weighted by atomic mass is 9.86. The quantitative estimate of drug-likeness (QED) is 0.655. The van der Waals surface area contributed by atoms with Gasteiger partial charge in [-0.1, -0.05) is 38.2 Å². The van der Waals surface area contributed by atoms with Crippen LogP contribution in [0.5, 0.6) is 5.75 Å². The third-order valence-electron chi connectivity index (χ3n) is 5.00. The van der Waals surface area contributed by atoms with Gasteiger partial charge in [0.15, 0.2) is 6.61 Å². The van der Waals surface area contributed by atoms with E-state index >= 15 is 0 Å². The van der Waals surface area contributed by atoms with Gasteiger partial charge in [-0.05, 0) is 24.5 Å². The van der Waals surface area contributed by atoms with Gasteiger partial charge in [-0.25, -0.2) is 0 Å². The molecule has 1 aliphatic carbocycles. The number of rotatable bonds is 9. The van der Waals surface area contributed by atoms with E-state index in [2.05, 4.69) is 5.32 Å². The highest BCUT2D eigenvalue weighted by Crippen LogP contribution is 2.27. The van der Waals surface area contributed by atoms with Crippen molar-refractivity contribution in [3.8, 4) is 5.75 Å². The second-order valence-electron chi connectivity index (χ2n) is 7.23. The molecule has 7 nitrogen and oxygen atoms in total. The Hall–Kier alpha value is -2.57. The number of nitrogens with one attached hydrogen (secondary N) is 1. The molecule has 0 heterocycles. The summed E-state index contributed by atoms with van der Waals surface area (Å²) in [5.41, 5.74) is 0.583. The molecule has 7 heteroatoms. The van der Waals surface area contributed by atoms with Crippen LogP contribution in [0.3, 0.4) is 0 Å². The van der Waals surface area contributed by atoms with Crippen molar-refractivity contribution in [2.24, 2.45) is 5.92 Å². The predicted octanol–water partition coefficient (Wildman–Crippen LogP) is 3.00. The molecule has 28 heavy (non-hydrogen) atoms. The van der Waals surface area contributed by atoms with Crippen molar-refractivity contribution in [2.75, 3.05) is 32.6 Å². The summed E-state index contributed by atoms with van der Waals surface area (Å²) >= 11 is 0. The maximum Gasteiger partial charge on any atom is 0.306 e. The van der Waals surface area contributed by atoms with Crippen LogP contribution in [-0.4, -0.2) is 50.0 Å². The third kappa shape index (κ3) is 7.58. The Morgan fingerprint density at radius 1 is 1.18 bits per heavy atom. The standard InChI is InChI=1S/C21H30N2O5/c1-23(14-19(24)22-17-9-6-10-18(13-17)27-2)20(25)15-28-21(26)12-11-16-7-4-3-5-8-16/h6,9-10,13,16H,3-5,7-8,11-12,14-15H2,1-2H3,(H,22,24). The molecule has 0 saturated heterocycles. The van der Waals surface area contributed by atoms with Crippen molar-refractivity contribution in [2.45, 2.75) is 44.9 Å². The van der Waals surface area contributed by atoms with Crippen LogP contribution in [0.15, 0.2) is 24.3 Å². The fourth-order valence-corrected chi connectivity index (χ4v) is 3.33. The second-order valence-corrected chi connectivity index (χ2v) is 7.23. The smallest absolute Gasteiger partial charge is 0.306 e. The normalized spacial score (nSPS) is 14.2. The number of esters is 1. The summed E-state index contributed by atoms with van der Waals surface area (Å²) in [6, 6.07) is 6.95. The van der Waals surface area contributed by atoms with E-state index in [0.717, 1.165) is 6.42 Å². The summed E-state index contributed by atoms with van der Waals surface area (Å²) in [5.74, 6) is 0.120. The number of ether oxygens (including phenoxy) is 2. The van der Waals surface area contributed by atoms with E-state index in [1.807, 2.05) is 0 Å². The Bertz CT molecular complexity index is 671. The zero-order valence-electron chi connectivity index (χ0n) is 16.7. The molecule has 1 aliphatic rings. The Labute approximate surface area is 166 Å². The van der Waals surface area contributed by atoms with Gasteiger partial charge in [-0.2, -0.15) is 0 Å². The van der Waals surface area contributed by atoms with Gasteiger partial charge in [0.05, 0.1) is 13.7 Å². The third-order valence-corrected chi connectivity index (χ3v) is 5.00. The number of hydrogen-bond donors (Lipinski definition) is 1. The molecule has 1 N–H and O–H groups in total. The van der Waals surface area contributed by atoms with Crippen molar-refractivity contribution in [1.29, 1.82) is 0 Å². The summed E-state index contributed by atoms with van der Waals surface area (Å²) < 4.78 is 10.2. The van der Waals surface area contributed by atoms with Crippen LogP contribution in [0.2, 0.25) is 0 Å². The van der Waals surface area contributed by atoms with Gasteiger partial charge in [-0.3, -0.25) is 14.4 Å². The minimum absolute atomic E-state index is 0.129. The number of carbonyl (C=O) groups excluding carboxylic acids is 3. The summed E-state index contributed by atoms with van der Waals surface area (Å²) in [6.07, 6.45) is 7.29.